The van der Waals surface area contributed by atoms with Crippen LogP contribution >= 0.6 is 0 Å². The largest absolute Gasteiger partial charge is 0.328 e. The summed E-state index contributed by atoms with van der Waals surface area (Å²) in [6.45, 7) is 0.745. The summed E-state index contributed by atoms with van der Waals surface area (Å²) in [6, 6.07) is 8.60. The molecule has 0 aromatic heterocycles. The third kappa shape index (κ3) is 2.09. The molecule has 0 saturated carbocycles. The van der Waals surface area contributed by atoms with Crippen molar-refractivity contribution in [1.82, 2.24) is 4.90 Å². The fourth-order valence-electron chi connectivity index (χ4n) is 3.40. The number of hydrogen-bond donors (Lipinski definition) is 1. The maximum Gasteiger partial charge on any atom is 0.127 e. The topological polar surface area (TPSA) is 29.3 Å². The number of halogens is 1. The number of rotatable bonds is 2. The van der Waals surface area contributed by atoms with E-state index < -0.39 is 0 Å². The molecule has 1 aromatic rings. The molecule has 2 N–H and O–H groups in total. The van der Waals surface area contributed by atoms with E-state index >= 15 is 0 Å². The molecule has 2 aliphatic rings. The van der Waals surface area contributed by atoms with Crippen molar-refractivity contribution in [3.63, 3.8) is 0 Å². The van der Waals surface area contributed by atoms with Crippen molar-refractivity contribution in [2.45, 2.75) is 50.4 Å². The Hall–Kier alpha value is -0.930. The minimum absolute atomic E-state index is 0.0817. The van der Waals surface area contributed by atoms with Gasteiger partial charge in [-0.2, -0.15) is 0 Å². The van der Waals surface area contributed by atoms with Crippen LogP contribution in [0.15, 0.2) is 24.3 Å². The second-order valence-corrected chi connectivity index (χ2v) is 5.38. The van der Waals surface area contributed by atoms with Gasteiger partial charge < -0.3 is 5.73 Å². The fourth-order valence-corrected chi connectivity index (χ4v) is 3.40. The predicted molar refractivity (Wildman–Crippen MR) is 66.0 cm³/mol. The maximum atomic E-state index is 13.6. The van der Waals surface area contributed by atoms with Crippen LogP contribution < -0.4 is 5.73 Å². The number of fused-ring (bicyclic) bond motifs is 2. The Morgan fingerprint density at radius 1 is 1.18 bits per heavy atom. The summed E-state index contributed by atoms with van der Waals surface area (Å²) in [7, 11) is 0. The van der Waals surface area contributed by atoms with E-state index in [9.17, 15) is 4.39 Å². The Morgan fingerprint density at radius 3 is 2.47 bits per heavy atom. The van der Waals surface area contributed by atoms with E-state index in [1.165, 1.54) is 12.8 Å². The van der Waals surface area contributed by atoms with Gasteiger partial charge in [-0.1, -0.05) is 18.2 Å². The average Bonchev–Trinajstić information content (AvgIpc) is 2.56. The Balaban J connectivity index is 1.76. The first-order chi connectivity index (χ1) is 8.24. The lowest BCUT2D eigenvalue weighted by molar-refractivity contribution is 0.118. The normalized spacial score (nSPS) is 32.9. The second-order valence-electron chi connectivity index (χ2n) is 5.38. The summed E-state index contributed by atoms with van der Waals surface area (Å²) in [5, 5.41) is 0. The number of benzene rings is 1. The summed E-state index contributed by atoms with van der Waals surface area (Å²) in [6.07, 6.45) is 4.61. The molecule has 2 heterocycles. The SMILES string of the molecule is NC1CC2CCC(C1)N2Cc1ccccc1F. The number of nitrogens with zero attached hydrogens (tertiary/aromatic N) is 1. The minimum Gasteiger partial charge on any atom is -0.328 e. The van der Waals surface area contributed by atoms with Gasteiger partial charge in [0.2, 0.25) is 0 Å². The molecule has 0 aliphatic carbocycles. The number of hydrogen-bond acceptors (Lipinski definition) is 2. The van der Waals surface area contributed by atoms with Crippen molar-refractivity contribution in [1.29, 1.82) is 0 Å². The Kier molecular flexibility index (Phi) is 2.89. The van der Waals surface area contributed by atoms with E-state index in [1.807, 2.05) is 12.1 Å². The zero-order valence-corrected chi connectivity index (χ0v) is 9.98. The highest BCUT2D eigenvalue weighted by Crippen LogP contribution is 2.36. The summed E-state index contributed by atoms with van der Waals surface area (Å²) in [5.41, 5.74) is 6.86. The third-order valence-corrected chi connectivity index (χ3v) is 4.23. The second kappa shape index (κ2) is 4.39. The van der Waals surface area contributed by atoms with E-state index in [0.717, 1.165) is 24.9 Å². The molecule has 3 rings (SSSR count). The zero-order chi connectivity index (χ0) is 11.8. The zero-order valence-electron chi connectivity index (χ0n) is 9.98. The van der Waals surface area contributed by atoms with Crippen LogP contribution in [0, 0.1) is 5.82 Å². The standard InChI is InChI=1S/C14H19FN2/c15-14-4-2-1-3-10(14)9-17-12-5-6-13(17)8-11(16)7-12/h1-4,11-13H,5-9,16H2. The molecule has 17 heavy (non-hydrogen) atoms. The Morgan fingerprint density at radius 2 is 1.82 bits per heavy atom. The molecule has 2 bridgehead atoms. The van der Waals surface area contributed by atoms with Crippen LogP contribution in [0.5, 0.6) is 0 Å². The van der Waals surface area contributed by atoms with Crippen LogP contribution in [-0.2, 0) is 6.54 Å². The van der Waals surface area contributed by atoms with Crippen molar-refractivity contribution < 1.29 is 4.39 Å². The average molecular weight is 234 g/mol. The summed E-state index contributed by atoms with van der Waals surface area (Å²) in [4.78, 5) is 2.46. The lowest BCUT2D eigenvalue weighted by Crippen LogP contribution is -2.46. The number of piperidine rings is 1. The lowest BCUT2D eigenvalue weighted by atomic mass is 9.97. The van der Waals surface area contributed by atoms with Crippen molar-refractivity contribution in [3.05, 3.63) is 35.6 Å². The summed E-state index contributed by atoms with van der Waals surface area (Å²) < 4.78 is 13.6. The Labute approximate surface area is 102 Å². The smallest absolute Gasteiger partial charge is 0.127 e. The van der Waals surface area contributed by atoms with Gasteiger partial charge in [0.05, 0.1) is 0 Å². The van der Waals surface area contributed by atoms with E-state index in [1.54, 1.807) is 12.1 Å². The summed E-state index contributed by atoms with van der Waals surface area (Å²) >= 11 is 0. The van der Waals surface area contributed by atoms with Gasteiger partial charge in [0.25, 0.3) is 0 Å². The van der Waals surface area contributed by atoms with Gasteiger partial charge in [-0.3, -0.25) is 4.90 Å². The molecule has 3 heteroatoms. The molecule has 2 saturated heterocycles. The van der Waals surface area contributed by atoms with Gasteiger partial charge in [0.1, 0.15) is 5.82 Å². The monoisotopic (exact) mass is 234 g/mol. The van der Waals surface area contributed by atoms with Crippen LogP contribution in [0.1, 0.15) is 31.2 Å². The fraction of sp³-hybridized carbons (Fsp3) is 0.571. The highest BCUT2D eigenvalue weighted by molar-refractivity contribution is 5.18. The highest BCUT2D eigenvalue weighted by Gasteiger charge is 2.39. The Bertz CT molecular complexity index is 393. The quantitative estimate of drug-likeness (QED) is 0.850. The first kappa shape index (κ1) is 11.2. The first-order valence-corrected chi connectivity index (χ1v) is 6.49. The molecule has 0 amide bonds. The van der Waals surface area contributed by atoms with Gasteiger partial charge in [0.15, 0.2) is 0 Å². The van der Waals surface area contributed by atoms with Crippen molar-refractivity contribution in [3.8, 4) is 0 Å². The molecule has 92 valence electrons. The van der Waals surface area contributed by atoms with E-state index in [2.05, 4.69) is 4.90 Å². The molecule has 0 radical (unpaired) electrons. The highest BCUT2D eigenvalue weighted by atomic mass is 19.1. The van der Waals surface area contributed by atoms with Crippen molar-refractivity contribution in [2.24, 2.45) is 5.73 Å². The molecule has 2 aliphatic heterocycles. The van der Waals surface area contributed by atoms with Gasteiger partial charge in [0, 0.05) is 30.2 Å². The molecule has 0 spiro atoms. The van der Waals surface area contributed by atoms with Crippen molar-refractivity contribution >= 4 is 0 Å². The van der Waals surface area contributed by atoms with E-state index in [4.69, 9.17) is 5.73 Å². The van der Waals surface area contributed by atoms with E-state index in [-0.39, 0.29) is 5.82 Å². The van der Waals surface area contributed by atoms with Gasteiger partial charge >= 0.3 is 0 Å². The molecular formula is C14H19FN2. The van der Waals surface area contributed by atoms with Gasteiger partial charge in [-0.05, 0) is 31.7 Å². The van der Waals surface area contributed by atoms with Crippen LogP contribution in [0.4, 0.5) is 4.39 Å². The van der Waals surface area contributed by atoms with Crippen LogP contribution in [0.25, 0.3) is 0 Å². The molecule has 2 nitrogen and oxygen atoms in total. The van der Waals surface area contributed by atoms with Crippen molar-refractivity contribution in [2.75, 3.05) is 0 Å². The number of nitrogens with two attached hydrogens (primary N) is 1. The molecular weight excluding hydrogens is 215 g/mol. The van der Waals surface area contributed by atoms with Gasteiger partial charge in [-0.15, -0.1) is 0 Å². The molecule has 1 aromatic carbocycles. The molecule has 2 unspecified atom stereocenters. The molecule has 2 fully saturated rings. The van der Waals surface area contributed by atoms with Crippen LogP contribution in [-0.4, -0.2) is 23.0 Å². The first-order valence-electron chi connectivity index (χ1n) is 6.49. The van der Waals surface area contributed by atoms with Crippen LogP contribution in [0.2, 0.25) is 0 Å². The third-order valence-electron chi connectivity index (χ3n) is 4.23. The minimum atomic E-state index is -0.0817. The maximum absolute atomic E-state index is 13.6. The van der Waals surface area contributed by atoms with Gasteiger partial charge in [-0.25, -0.2) is 4.39 Å². The van der Waals surface area contributed by atoms with Crippen LogP contribution in [0.3, 0.4) is 0 Å². The summed E-state index contributed by atoms with van der Waals surface area (Å²) in [5.74, 6) is -0.0817. The predicted octanol–water partition coefficient (Wildman–Crippen LogP) is 2.28. The molecule has 2 atom stereocenters. The van der Waals surface area contributed by atoms with E-state index in [0.29, 0.717) is 18.1 Å². The lowest BCUT2D eigenvalue weighted by Gasteiger charge is -2.37.